The fourth-order valence-electron chi connectivity index (χ4n) is 0.677. The highest BCUT2D eigenvalue weighted by molar-refractivity contribution is 5.83. The Balaban J connectivity index is 3.00. The summed E-state index contributed by atoms with van der Waals surface area (Å²) in [5.41, 5.74) is 0. The van der Waals surface area contributed by atoms with Crippen molar-refractivity contribution in [2.75, 3.05) is 0 Å². The molecule has 58 valence electrons. The van der Waals surface area contributed by atoms with Gasteiger partial charge in [0.15, 0.2) is 5.92 Å². The van der Waals surface area contributed by atoms with Crippen LogP contribution in [0.2, 0.25) is 0 Å². The van der Waals surface area contributed by atoms with Crippen LogP contribution in [0.1, 0.15) is 0 Å². The lowest BCUT2D eigenvalue weighted by molar-refractivity contribution is 0.0326. The van der Waals surface area contributed by atoms with Gasteiger partial charge in [-0.25, -0.2) is 4.99 Å². The van der Waals surface area contributed by atoms with Gasteiger partial charge in [0.2, 0.25) is 5.97 Å². The molecule has 0 N–H and O–H groups in total. The van der Waals surface area contributed by atoms with Crippen LogP contribution in [0.25, 0.3) is 0 Å². The Morgan fingerprint density at radius 3 is 2.64 bits per heavy atom. The van der Waals surface area contributed by atoms with Gasteiger partial charge in [0.25, 0.3) is 5.92 Å². The summed E-state index contributed by atoms with van der Waals surface area (Å²) in [6, 6.07) is 1.14. The summed E-state index contributed by atoms with van der Waals surface area (Å²) >= 11 is 0. The third-order valence-corrected chi connectivity index (χ3v) is 1.25. The van der Waals surface area contributed by atoms with Gasteiger partial charge in [0.1, 0.15) is 0 Å². The third kappa shape index (κ3) is 1.24. The molecule has 0 saturated heterocycles. The van der Waals surface area contributed by atoms with Crippen LogP contribution in [0.5, 0.6) is 0 Å². The number of nitriles is 1. The van der Waals surface area contributed by atoms with E-state index in [1.54, 1.807) is 0 Å². The van der Waals surface area contributed by atoms with Crippen LogP contribution in [0.3, 0.4) is 0 Å². The molecule has 5 heteroatoms. The molecule has 11 heavy (non-hydrogen) atoms. The summed E-state index contributed by atoms with van der Waals surface area (Å²) in [6.45, 7) is 0. The van der Waals surface area contributed by atoms with Gasteiger partial charge in [-0.2, -0.15) is 18.4 Å². The first-order valence-electron chi connectivity index (χ1n) is 2.76. The fraction of sp³-hybridized carbons (Fsp3) is 0.333. The minimum atomic E-state index is -3.43. The van der Waals surface area contributed by atoms with E-state index in [1.807, 2.05) is 0 Å². The van der Waals surface area contributed by atoms with Crippen LogP contribution in [-0.4, -0.2) is 11.9 Å². The molecule has 1 aliphatic rings. The monoisotopic (exact) mass is 160 g/mol. The summed E-state index contributed by atoms with van der Waals surface area (Å²) in [4.78, 5) is 2.94. The average Bonchev–Trinajstić information content (AvgIpc) is 1.86. The van der Waals surface area contributed by atoms with Crippen LogP contribution < -0.4 is 0 Å². The van der Waals surface area contributed by atoms with Gasteiger partial charge in [0.05, 0.1) is 6.07 Å². The van der Waals surface area contributed by atoms with Gasteiger partial charge in [-0.05, 0) is 0 Å². The SMILES string of the molecule is N#CC1C(F)=NC=CC1(F)F. The third-order valence-electron chi connectivity index (χ3n) is 1.25. The Bertz CT molecular complexity index is 261. The second-order valence-corrected chi connectivity index (χ2v) is 2.00. The predicted octanol–water partition coefficient (Wildman–Crippen LogP) is 1.66. The Hall–Kier alpha value is -1.31. The molecule has 2 nitrogen and oxygen atoms in total. The van der Waals surface area contributed by atoms with Crippen LogP contribution in [0.15, 0.2) is 17.3 Å². The van der Waals surface area contributed by atoms with Crippen molar-refractivity contribution in [1.29, 1.82) is 5.26 Å². The molecule has 0 aromatic heterocycles. The van der Waals surface area contributed by atoms with Crippen molar-refractivity contribution in [3.8, 4) is 6.07 Å². The number of halogens is 3. The Morgan fingerprint density at radius 2 is 2.27 bits per heavy atom. The number of allylic oxidation sites excluding steroid dienone is 1. The fourth-order valence-corrected chi connectivity index (χ4v) is 0.677. The van der Waals surface area contributed by atoms with Gasteiger partial charge < -0.3 is 0 Å². The number of rotatable bonds is 0. The summed E-state index contributed by atoms with van der Waals surface area (Å²) in [6.07, 6.45) is 1.06. The van der Waals surface area contributed by atoms with Crippen LogP contribution in [0, 0.1) is 17.2 Å². The van der Waals surface area contributed by atoms with Gasteiger partial charge in [-0.3, -0.25) is 0 Å². The van der Waals surface area contributed by atoms with E-state index in [1.165, 1.54) is 0 Å². The smallest absolute Gasteiger partial charge is 0.231 e. The maximum atomic E-state index is 12.5. The molecule has 0 radical (unpaired) electrons. The van der Waals surface area contributed by atoms with E-state index < -0.39 is 17.8 Å². The summed E-state index contributed by atoms with van der Waals surface area (Å²) in [7, 11) is 0. The van der Waals surface area contributed by atoms with E-state index in [9.17, 15) is 13.2 Å². The van der Waals surface area contributed by atoms with Crippen molar-refractivity contribution in [1.82, 2.24) is 0 Å². The number of nitrogens with zero attached hydrogens (tertiary/aromatic N) is 2. The molecule has 0 aromatic carbocycles. The quantitative estimate of drug-likeness (QED) is 0.530. The molecule has 1 atom stereocenters. The Labute approximate surface area is 60.7 Å². The molecule has 0 saturated carbocycles. The second-order valence-electron chi connectivity index (χ2n) is 2.00. The summed E-state index contributed by atoms with van der Waals surface area (Å²) < 4.78 is 37.3. The minimum Gasteiger partial charge on any atom is -0.231 e. The highest BCUT2D eigenvalue weighted by atomic mass is 19.3. The standard InChI is InChI=1S/C6H3F3N2/c7-5-4(3-10)6(8,9)1-2-11-5/h1-2,4H. The molecular formula is C6H3F3N2. The highest BCUT2D eigenvalue weighted by Crippen LogP contribution is 2.30. The van der Waals surface area contributed by atoms with Crippen LogP contribution in [0.4, 0.5) is 13.2 Å². The number of aliphatic imine (C=N–C) groups is 1. The van der Waals surface area contributed by atoms with Gasteiger partial charge >= 0.3 is 0 Å². The lowest BCUT2D eigenvalue weighted by Gasteiger charge is -2.17. The molecular weight excluding hydrogens is 157 g/mol. The molecule has 0 fully saturated rings. The van der Waals surface area contributed by atoms with Gasteiger partial charge in [0, 0.05) is 12.3 Å². The van der Waals surface area contributed by atoms with E-state index in [4.69, 9.17) is 5.26 Å². The van der Waals surface area contributed by atoms with Crippen LogP contribution >= 0.6 is 0 Å². The first-order chi connectivity index (χ1) is 5.08. The molecule has 0 spiro atoms. The first-order valence-corrected chi connectivity index (χ1v) is 2.76. The van der Waals surface area contributed by atoms with Gasteiger partial charge in [-0.1, -0.05) is 0 Å². The summed E-state index contributed by atoms with van der Waals surface area (Å²) in [5.74, 6) is -6.83. The van der Waals surface area contributed by atoms with E-state index >= 15 is 0 Å². The molecule has 1 heterocycles. The van der Waals surface area contributed by atoms with E-state index in [0.717, 1.165) is 6.07 Å². The minimum absolute atomic E-state index is 0.407. The van der Waals surface area contributed by atoms with E-state index in [-0.39, 0.29) is 0 Å². The molecule has 0 bridgehead atoms. The van der Waals surface area contributed by atoms with Crippen LogP contribution in [-0.2, 0) is 0 Å². The molecule has 0 aromatic rings. The first kappa shape index (κ1) is 7.79. The van der Waals surface area contributed by atoms with Gasteiger partial charge in [-0.15, -0.1) is 0 Å². The molecule has 1 rings (SSSR count). The zero-order valence-electron chi connectivity index (χ0n) is 5.26. The van der Waals surface area contributed by atoms with E-state index in [0.29, 0.717) is 12.3 Å². The second kappa shape index (κ2) is 2.38. The Kier molecular flexibility index (Phi) is 1.69. The average molecular weight is 160 g/mol. The topological polar surface area (TPSA) is 36.1 Å². The van der Waals surface area contributed by atoms with Crippen molar-refractivity contribution in [3.05, 3.63) is 12.3 Å². The largest absolute Gasteiger partial charge is 0.291 e. The van der Waals surface area contributed by atoms with Crippen molar-refractivity contribution in [3.63, 3.8) is 0 Å². The van der Waals surface area contributed by atoms with Crippen molar-refractivity contribution in [2.24, 2.45) is 10.9 Å². The number of hydrogen-bond donors (Lipinski definition) is 0. The Morgan fingerprint density at radius 1 is 1.64 bits per heavy atom. The number of alkyl halides is 2. The number of hydrogen-bond acceptors (Lipinski definition) is 2. The van der Waals surface area contributed by atoms with Crippen molar-refractivity contribution in [2.45, 2.75) is 5.92 Å². The highest BCUT2D eigenvalue weighted by Gasteiger charge is 2.43. The predicted molar refractivity (Wildman–Crippen MR) is 31.7 cm³/mol. The molecule has 0 aliphatic carbocycles. The lowest BCUT2D eigenvalue weighted by atomic mass is 10.0. The van der Waals surface area contributed by atoms with E-state index in [2.05, 4.69) is 4.99 Å². The zero-order valence-corrected chi connectivity index (χ0v) is 5.26. The summed E-state index contributed by atoms with van der Waals surface area (Å²) in [5, 5.41) is 8.11. The maximum Gasteiger partial charge on any atom is 0.291 e. The van der Waals surface area contributed by atoms with Crippen molar-refractivity contribution < 1.29 is 13.2 Å². The normalized spacial score (nSPS) is 27.5. The lowest BCUT2D eigenvalue weighted by Crippen LogP contribution is -2.31. The zero-order chi connectivity index (χ0) is 8.48. The van der Waals surface area contributed by atoms with Crippen molar-refractivity contribution >= 4 is 5.97 Å². The molecule has 0 amide bonds. The molecule has 1 unspecified atom stereocenters. The maximum absolute atomic E-state index is 12.5. The molecule has 1 aliphatic heterocycles.